The number of thiazole rings is 1. The zero-order valence-corrected chi connectivity index (χ0v) is 14.5. The molecule has 2 aromatic rings. The highest BCUT2D eigenvalue weighted by Gasteiger charge is 2.18. The van der Waals surface area contributed by atoms with Gasteiger partial charge >= 0.3 is 5.97 Å². The SMILES string of the molecule is O=C(COC(=O)c1csc(-c2ccc(F)cc2)n1)NC1CCCCC1. The van der Waals surface area contributed by atoms with Crippen LogP contribution in [0.15, 0.2) is 29.6 Å². The Kier molecular flexibility index (Phi) is 5.75. The molecule has 1 aromatic heterocycles. The molecule has 1 fully saturated rings. The maximum atomic E-state index is 13.0. The molecule has 1 amide bonds. The summed E-state index contributed by atoms with van der Waals surface area (Å²) < 4.78 is 18.0. The van der Waals surface area contributed by atoms with E-state index in [1.807, 2.05) is 0 Å². The quantitative estimate of drug-likeness (QED) is 0.826. The molecule has 0 saturated heterocycles. The number of halogens is 1. The van der Waals surface area contributed by atoms with Crippen LogP contribution in [0.4, 0.5) is 4.39 Å². The summed E-state index contributed by atoms with van der Waals surface area (Å²) in [5, 5.41) is 5.06. The Bertz CT molecular complexity index is 739. The molecule has 0 unspecified atom stereocenters. The lowest BCUT2D eigenvalue weighted by Crippen LogP contribution is -2.38. The molecule has 1 aromatic carbocycles. The van der Waals surface area contributed by atoms with Gasteiger partial charge in [0, 0.05) is 17.0 Å². The van der Waals surface area contributed by atoms with Gasteiger partial charge in [0.1, 0.15) is 10.8 Å². The Morgan fingerprint density at radius 2 is 1.92 bits per heavy atom. The van der Waals surface area contributed by atoms with Crippen LogP contribution >= 0.6 is 11.3 Å². The number of nitrogens with zero attached hydrogens (tertiary/aromatic N) is 1. The Balaban J connectivity index is 1.51. The molecular formula is C18H19FN2O3S. The van der Waals surface area contributed by atoms with E-state index in [2.05, 4.69) is 10.3 Å². The van der Waals surface area contributed by atoms with E-state index in [0.717, 1.165) is 31.2 Å². The second-order valence-corrected chi connectivity index (χ2v) is 6.88. The van der Waals surface area contributed by atoms with Gasteiger partial charge in [0.2, 0.25) is 0 Å². The van der Waals surface area contributed by atoms with Gasteiger partial charge in [-0.25, -0.2) is 14.2 Å². The molecule has 132 valence electrons. The molecule has 7 heteroatoms. The molecule has 1 aliphatic carbocycles. The minimum atomic E-state index is -0.636. The van der Waals surface area contributed by atoms with Crippen molar-refractivity contribution < 1.29 is 18.7 Å². The van der Waals surface area contributed by atoms with E-state index in [0.29, 0.717) is 5.01 Å². The summed E-state index contributed by atoms with van der Waals surface area (Å²) in [5.74, 6) is -1.25. The normalized spacial score (nSPS) is 14.9. The number of esters is 1. The Labute approximate surface area is 149 Å². The van der Waals surface area contributed by atoms with Gasteiger partial charge in [-0.05, 0) is 37.1 Å². The smallest absolute Gasteiger partial charge is 0.358 e. The van der Waals surface area contributed by atoms with Gasteiger partial charge in [-0.1, -0.05) is 19.3 Å². The predicted octanol–water partition coefficient (Wildman–Crippen LogP) is 3.55. The first kappa shape index (κ1) is 17.5. The van der Waals surface area contributed by atoms with Crippen LogP contribution < -0.4 is 5.32 Å². The van der Waals surface area contributed by atoms with Gasteiger partial charge in [0.15, 0.2) is 12.3 Å². The summed E-state index contributed by atoms with van der Waals surface area (Å²) in [6.07, 6.45) is 5.41. The van der Waals surface area contributed by atoms with Crippen LogP contribution in [0.2, 0.25) is 0 Å². The molecule has 1 saturated carbocycles. The van der Waals surface area contributed by atoms with Crippen molar-refractivity contribution in [3.63, 3.8) is 0 Å². The molecule has 3 rings (SSSR count). The van der Waals surface area contributed by atoms with Crippen molar-refractivity contribution in [1.29, 1.82) is 0 Å². The largest absolute Gasteiger partial charge is 0.451 e. The van der Waals surface area contributed by atoms with Crippen LogP contribution in [0.5, 0.6) is 0 Å². The van der Waals surface area contributed by atoms with E-state index >= 15 is 0 Å². The van der Waals surface area contributed by atoms with Crippen LogP contribution in [-0.4, -0.2) is 29.5 Å². The van der Waals surface area contributed by atoms with Crippen molar-refractivity contribution in [3.8, 4) is 10.6 Å². The average molecular weight is 362 g/mol. The van der Waals surface area contributed by atoms with Crippen LogP contribution in [0.3, 0.4) is 0 Å². The van der Waals surface area contributed by atoms with Gasteiger partial charge in [-0.2, -0.15) is 0 Å². The maximum Gasteiger partial charge on any atom is 0.358 e. The summed E-state index contributed by atoms with van der Waals surface area (Å²) in [4.78, 5) is 28.1. The first-order valence-corrected chi connectivity index (χ1v) is 9.18. The van der Waals surface area contributed by atoms with E-state index in [1.54, 1.807) is 17.5 Å². The van der Waals surface area contributed by atoms with Gasteiger partial charge in [-0.15, -0.1) is 11.3 Å². The van der Waals surface area contributed by atoms with Crippen LogP contribution in [-0.2, 0) is 9.53 Å². The van der Waals surface area contributed by atoms with Gasteiger partial charge < -0.3 is 10.1 Å². The third-order valence-corrected chi connectivity index (χ3v) is 5.00. The van der Waals surface area contributed by atoms with E-state index in [4.69, 9.17) is 4.74 Å². The van der Waals surface area contributed by atoms with E-state index in [9.17, 15) is 14.0 Å². The number of amides is 1. The van der Waals surface area contributed by atoms with Crippen molar-refractivity contribution >= 4 is 23.2 Å². The van der Waals surface area contributed by atoms with Crippen LogP contribution in [0.25, 0.3) is 10.6 Å². The van der Waals surface area contributed by atoms with Gasteiger partial charge in [-0.3, -0.25) is 4.79 Å². The van der Waals surface area contributed by atoms with Gasteiger partial charge in [0.05, 0.1) is 0 Å². The first-order valence-electron chi connectivity index (χ1n) is 8.30. The first-order chi connectivity index (χ1) is 12.1. The lowest BCUT2D eigenvalue weighted by atomic mass is 9.95. The van der Waals surface area contributed by atoms with Crippen molar-refractivity contribution in [2.45, 2.75) is 38.1 Å². The third-order valence-electron chi connectivity index (χ3n) is 4.11. The maximum absolute atomic E-state index is 13.0. The number of hydrogen-bond acceptors (Lipinski definition) is 5. The zero-order chi connectivity index (χ0) is 17.6. The highest BCUT2D eigenvalue weighted by molar-refractivity contribution is 7.13. The molecule has 0 atom stereocenters. The number of rotatable bonds is 5. The molecule has 0 spiro atoms. The lowest BCUT2D eigenvalue weighted by molar-refractivity contribution is -0.125. The number of carbonyl (C=O) groups is 2. The number of carbonyl (C=O) groups excluding carboxylic acids is 2. The molecule has 0 radical (unpaired) electrons. The van der Waals surface area contributed by atoms with E-state index < -0.39 is 5.97 Å². The number of benzene rings is 1. The zero-order valence-electron chi connectivity index (χ0n) is 13.7. The summed E-state index contributed by atoms with van der Waals surface area (Å²) in [6.45, 7) is -0.307. The summed E-state index contributed by atoms with van der Waals surface area (Å²) in [7, 11) is 0. The fourth-order valence-electron chi connectivity index (χ4n) is 2.81. The predicted molar refractivity (Wildman–Crippen MR) is 92.8 cm³/mol. The minimum Gasteiger partial charge on any atom is -0.451 e. The molecule has 1 aliphatic rings. The standard InChI is InChI=1S/C18H19FN2O3S/c19-13-8-6-12(7-9-13)17-21-15(11-25-17)18(23)24-10-16(22)20-14-4-2-1-3-5-14/h6-9,11,14H,1-5,10H2,(H,20,22). The molecule has 0 bridgehead atoms. The Hall–Kier alpha value is -2.28. The Morgan fingerprint density at radius 3 is 2.64 bits per heavy atom. The summed E-state index contributed by atoms with van der Waals surface area (Å²) in [5.41, 5.74) is 0.871. The second-order valence-electron chi connectivity index (χ2n) is 6.02. The van der Waals surface area contributed by atoms with E-state index in [-0.39, 0.29) is 30.1 Å². The number of aromatic nitrogens is 1. The number of hydrogen-bond donors (Lipinski definition) is 1. The third kappa shape index (κ3) is 4.85. The van der Waals surface area contributed by atoms with Crippen molar-refractivity contribution in [3.05, 3.63) is 41.2 Å². The van der Waals surface area contributed by atoms with Crippen LogP contribution in [0.1, 0.15) is 42.6 Å². The fourth-order valence-corrected chi connectivity index (χ4v) is 3.61. The highest BCUT2D eigenvalue weighted by Crippen LogP contribution is 2.24. The highest BCUT2D eigenvalue weighted by atomic mass is 32.1. The molecule has 5 nitrogen and oxygen atoms in total. The monoisotopic (exact) mass is 362 g/mol. The Morgan fingerprint density at radius 1 is 1.20 bits per heavy atom. The van der Waals surface area contributed by atoms with Crippen molar-refractivity contribution in [1.82, 2.24) is 10.3 Å². The van der Waals surface area contributed by atoms with Crippen molar-refractivity contribution in [2.75, 3.05) is 6.61 Å². The number of ether oxygens (including phenoxy) is 1. The van der Waals surface area contributed by atoms with Crippen molar-refractivity contribution in [2.24, 2.45) is 0 Å². The van der Waals surface area contributed by atoms with Crippen LogP contribution in [0, 0.1) is 5.82 Å². The molecule has 1 N–H and O–H groups in total. The summed E-state index contributed by atoms with van der Waals surface area (Å²) >= 11 is 1.26. The van der Waals surface area contributed by atoms with Gasteiger partial charge in [0.25, 0.3) is 5.91 Å². The lowest BCUT2D eigenvalue weighted by Gasteiger charge is -2.22. The topological polar surface area (TPSA) is 68.3 Å². The minimum absolute atomic E-state index is 0.148. The summed E-state index contributed by atoms with van der Waals surface area (Å²) in [6, 6.07) is 6.06. The average Bonchev–Trinajstić information content (AvgIpc) is 3.11. The van der Waals surface area contributed by atoms with E-state index in [1.165, 1.54) is 29.9 Å². The molecule has 25 heavy (non-hydrogen) atoms. The number of nitrogens with one attached hydrogen (secondary N) is 1. The fraction of sp³-hybridized carbons (Fsp3) is 0.389. The molecule has 1 heterocycles. The molecule has 0 aliphatic heterocycles. The second kappa shape index (κ2) is 8.20. The molecular weight excluding hydrogens is 343 g/mol.